The first kappa shape index (κ1) is 22.8. The predicted octanol–water partition coefficient (Wildman–Crippen LogP) is 2.40. The summed E-state index contributed by atoms with van der Waals surface area (Å²) in [4.78, 5) is 25.6. The number of hydrogen-bond donors (Lipinski definition) is 1. The molecule has 0 bridgehead atoms. The van der Waals surface area contributed by atoms with Gasteiger partial charge in [0.05, 0.1) is 5.75 Å². The zero-order valence-electron chi connectivity index (χ0n) is 17.3. The van der Waals surface area contributed by atoms with E-state index >= 15 is 0 Å². The van der Waals surface area contributed by atoms with Crippen LogP contribution in [0.1, 0.15) is 25.1 Å². The van der Waals surface area contributed by atoms with E-state index < -0.39 is 0 Å². The molecular formula is C21H26FN5O3S. The summed E-state index contributed by atoms with van der Waals surface area (Å²) in [5, 5.41) is 11.8. The largest absolute Gasteiger partial charge is 0.486 e. The van der Waals surface area contributed by atoms with Crippen LogP contribution in [0.2, 0.25) is 0 Å². The van der Waals surface area contributed by atoms with E-state index in [9.17, 15) is 14.0 Å². The third-order valence-electron chi connectivity index (χ3n) is 4.72. The number of nitrogens with zero attached hydrogens (tertiary/aromatic N) is 4. The minimum Gasteiger partial charge on any atom is -0.486 e. The van der Waals surface area contributed by atoms with Crippen LogP contribution >= 0.6 is 11.8 Å². The third-order valence-corrected chi connectivity index (χ3v) is 5.68. The molecule has 0 saturated carbocycles. The molecule has 2 amide bonds. The molecule has 166 valence electrons. The molecule has 10 heteroatoms. The van der Waals surface area contributed by atoms with Gasteiger partial charge in [0.2, 0.25) is 11.8 Å². The van der Waals surface area contributed by atoms with Crippen LogP contribution in [0.25, 0.3) is 0 Å². The van der Waals surface area contributed by atoms with Crippen LogP contribution in [0.5, 0.6) is 5.75 Å². The van der Waals surface area contributed by atoms with Crippen molar-refractivity contribution in [2.75, 3.05) is 25.4 Å². The van der Waals surface area contributed by atoms with E-state index in [1.165, 1.54) is 23.9 Å². The highest BCUT2D eigenvalue weighted by atomic mass is 32.2. The average Bonchev–Trinajstić information content (AvgIpc) is 3.35. The van der Waals surface area contributed by atoms with Crippen molar-refractivity contribution in [1.29, 1.82) is 0 Å². The number of rotatable bonds is 12. The van der Waals surface area contributed by atoms with Crippen LogP contribution in [0, 0.1) is 5.82 Å². The normalized spacial score (nSPS) is 13.5. The molecule has 3 rings (SSSR count). The molecule has 0 atom stereocenters. The van der Waals surface area contributed by atoms with Crippen LogP contribution in [-0.2, 0) is 22.7 Å². The molecule has 0 unspecified atom stereocenters. The molecule has 1 aromatic carbocycles. The van der Waals surface area contributed by atoms with Gasteiger partial charge in [0.1, 0.15) is 18.2 Å². The van der Waals surface area contributed by atoms with E-state index in [-0.39, 0.29) is 30.0 Å². The van der Waals surface area contributed by atoms with Gasteiger partial charge in [-0.2, -0.15) is 0 Å². The molecule has 8 nitrogen and oxygen atoms in total. The lowest BCUT2D eigenvalue weighted by atomic mass is 10.3. The maximum Gasteiger partial charge on any atom is 0.230 e. The second-order valence-corrected chi connectivity index (χ2v) is 7.96. The standard InChI is InChI=1S/C21H26FN5O3S/c1-2-11-27-18(14-30-17-8-6-16(22)7-9-17)24-25-21(27)31-15-19(28)23-10-4-13-26-12-3-5-20(26)29/h2,6-9H,1,3-5,10-15H2,(H,23,28). The zero-order valence-corrected chi connectivity index (χ0v) is 18.1. The van der Waals surface area contributed by atoms with E-state index in [4.69, 9.17) is 4.74 Å². The number of carbonyl (C=O) groups is 2. The molecule has 1 aromatic heterocycles. The van der Waals surface area contributed by atoms with Gasteiger partial charge in [0.25, 0.3) is 0 Å². The number of likely N-dealkylation sites (tertiary alicyclic amines) is 1. The van der Waals surface area contributed by atoms with Gasteiger partial charge >= 0.3 is 0 Å². The van der Waals surface area contributed by atoms with Gasteiger partial charge in [-0.05, 0) is 37.1 Å². The third kappa shape index (κ3) is 6.81. The minimum absolute atomic E-state index is 0.102. The number of allylic oxidation sites excluding steroid dienone is 1. The maximum atomic E-state index is 13.0. The Morgan fingerprint density at radius 2 is 2.13 bits per heavy atom. The smallest absolute Gasteiger partial charge is 0.230 e. The Kier molecular flexibility index (Phi) is 8.45. The van der Waals surface area contributed by atoms with Crippen LogP contribution < -0.4 is 10.1 Å². The monoisotopic (exact) mass is 447 g/mol. The van der Waals surface area contributed by atoms with E-state index in [0.717, 1.165) is 19.4 Å². The fourth-order valence-electron chi connectivity index (χ4n) is 3.14. The number of amides is 2. The Labute approximate surface area is 184 Å². The SMILES string of the molecule is C=CCn1c(COc2ccc(F)cc2)nnc1SCC(=O)NCCCN1CCCC1=O. The summed E-state index contributed by atoms with van der Waals surface area (Å²) in [6.07, 6.45) is 4.00. The van der Waals surface area contributed by atoms with Crippen molar-refractivity contribution in [3.8, 4) is 5.75 Å². The fourth-order valence-corrected chi connectivity index (χ4v) is 3.94. The Hall–Kier alpha value is -2.88. The molecule has 0 aliphatic carbocycles. The van der Waals surface area contributed by atoms with Crippen LogP contribution in [-0.4, -0.2) is 56.9 Å². The molecule has 1 fully saturated rings. The molecule has 1 saturated heterocycles. The van der Waals surface area contributed by atoms with E-state index in [2.05, 4.69) is 22.1 Å². The number of benzene rings is 1. The van der Waals surface area contributed by atoms with Gasteiger partial charge in [0, 0.05) is 32.6 Å². The molecule has 1 aliphatic heterocycles. The summed E-state index contributed by atoms with van der Waals surface area (Å²) < 4.78 is 20.5. The van der Waals surface area contributed by atoms with Crippen molar-refractivity contribution in [3.63, 3.8) is 0 Å². The highest BCUT2D eigenvalue weighted by molar-refractivity contribution is 7.99. The van der Waals surface area contributed by atoms with Crippen LogP contribution in [0.4, 0.5) is 4.39 Å². The van der Waals surface area contributed by atoms with Crippen LogP contribution in [0.15, 0.2) is 42.1 Å². The van der Waals surface area contributed by atoms with Crippen molar-refractivity contribution in [1.82, 2.24) is 25.0 Å². The van der Waals surface area contributed by atoms with Gasteiger partial charge in [-0.15, -0.1) is 16.8 Å². The zero-order chi connectivity index (χ0) is 22.1. The van der Waals surface area contributed by atoms with E-state index in [1.54, 1.807) is 18.2 Å². The summed E-state index contributed by atoms with van der Waals surface area (Å²) in [5.41, 5.74) is 0. The lowest BCUT2D eigenvalue weighted by Gasteiger charge is -2.15. The molecule has 31 heavy (non-hydrogen) atoms. The lowest BCUT2D eigenvalue weighted by molar-refractivity contribution is -0.127. The molecule has 0 spiro atoms. The number of thioether (sulfide) groups is 1. The number of aromatic nitrogens is 3. The number of nitrogens with one attached hydrogen (secondary N) is 1. The predicted molar refractivity (Wildman–Crippen MR) is 115 cm³/mol. The van der Waals surface area contributed by atoms with Crippen molar-refractivity contribution in [3.05, 3.63) is 48.6 Å². The second kappa shape index (κ2) is 11.5. The summed E-state index contributed by atoms with van der Waals surface area (Å²) in [5.74, 6) is 1.08. The summed E-state index contributed by atoms with van der Waals surface area (Å²) in [7, 11) is 0. The topological polar surface area (TPSA) is 89.3 Å². The first-order valence-electron chi connectivity index (χ1n) is 10.2. The van der Waals surface area contributed by atoms with Crippen LogP contribution in [0.3, 0.4) is 0 Å². The summed E-state index contributed by atoms with van der Waals surface area (Å²) in [6, 6.07) is 5.74. The Bertz CT molecular complexity index is 903. The lowest BCUT2D eigenvalue weighted by Crippen LogP contribution is -2.31. The summed E-state index contributed by atoms with van der Waals surface area (Å²) >= 11 is 1.28. The Morgan fingerprint density at radius 3 is 2.84 bits per heavy atom. The molecule has 0 radical (unpaired) electrons. The van der Waals surface area contributed by atoms with Gasteiger partial charge in [0.15, 0.2) is 11.0 Å². The molecule has 1 aliphatic rings. The minimum atomic E-state index is -0.330. The first-order chi connectivity index (χ1) is 15.1. The highest BCUT2D eigenvalue weighted by Gasteiger charge is 2.19. The highest BCUT2D eigenvalue weighted by Crippen LogP contribution is 2.19. The van der Waals surface area contributed by atoms with Crippen molar-refractivity contribution >= 4 is 23.6 Å². The Morgan fingerprint density at radius 1 is 1.32 bits per heavy atom. The van der Waals surface area contributed by atoms with Gasteiger partial charge in [-0.1, -0.05) is 17.8 Å². The average molecular weight is 448 g/mol. The number of hydrogen-bond acceptors (Lipinski definition) is 6. The Balaban J connectivity index is 1.44. The maximum absolute atomic E-state index is 13.0. The van der Waals surface area contributed by atoms with Gasteiger partial charge in [-0.3, -0.25) is 14.2 Å². The van der Waals surface area contributed by atoms with Crippen molar-refractivity contribution in [2.24, 2.45) is 0 Å². The molecule has 2 heterocycles. The number of ether oxygens (including phenoxy) is 1. The number of halogens is 1. The molecule has 1 N–H and O–H groups in total. The second-order valence-electron chi connectivity index (χ2n) is 7.02. The van der Waals surface area contributed by atoms with E-state index in [1.807, 2.05) is 9.47 Å². The molecule has 2 aromatic rings. The first-order valence-corrected chi connectivity index (χ1v) is 11.1. The van der Waals surface area contributed by atoms with Crippen molar-refractivity contribution in [2.45, 2.75) is 37.6 Å². The quantitative estimate of drug-likeness (QED) is 0.305. The number of carbonyl (C=O) groups excluding carboxylic acids is 2. The van der Waals surface area contributed by atoms with Gasteiger partial charge in [-0.25, -0.2) is 4.39 Å². The van der Waals surface area contributed by atoms with Crippen molar-refractivity contribution < 1.29 is 18.7 Å². The summed E-state index contributed by atoms with van der Waals surface area (Å²) in [6.45, 7) is 6.41. The fraction of sp³-hybridized carbons (Fsp3) is 0.429. The van der Waals surface area contributed by atoms with Gasteiger partial charge < -0.3 is 15.0 Å². The van der Waals surface area contributed by atoms with E-state index in [0.29, 0.717) is 42.8 Å². The molecular weight excluding hydrogens is 421 g/mol.